The molecule has 0 N–H and O–H groups in total. The number of carbonyl (C=O) groups is 1. The lowest BCUT2D eigenvalue weighted by atomic mass is 10.1. The van der Waals surface area contributed by atoms with E-state index in [2.05, 4.69) is 24.8 Å². The number of fused-ring (bicyclic) bond motifs is 1. The van der Waals surface area contributed by atoms with Crippen LogP contribution in [0.5, 0.6) is 5.75 Å². The van der Waals surface area contributed by atoms with E-state index in [-0.39, 0.29) is 23.8 Å². The van der Waals surface area contributed by atoms with Crippen LogP contribution in [0, 0.1) is 6.92 Å². The summed E-state index contributed by atoms with van der Waals surface area (Å²) in [5.41, 5.74) is -0.625. The Morgan fingerprint density at radius 1 is 0.976 bits per heavy atom. The second-order valence-electron chi connectivity index (χ2n) is 9.91. The molecule has 17 heteroatoms. The van der Waals surface area contributed by atoms with Crippen molar-refractivity contribution in [1.29, 1.82) is 0 Å². The first kappa shape index (κ1) is 29.9. The Morgan fingerprint density at radius 3 is 2.29 bits per heavy atom. The lowest BCUT2D eigenvalue weighted by Gasteiger charge is -2.37. The van der Waals surface area contributed by atoms with Gasteiger partial charge in [0.05, 0.1) is 5.39 Å². The van der Waals surface area contributed by atoms with Crippen LogP contribution < -0.4 is 19.4 Å². The van der Waals surface area contributed by atoms with Crippen LogP contribution in [0.4, 0.5) is 37.8 Å². The highest BCUT2D eigenvalue weighted by Crippen LogP contribution is 2.38. The molecule has 2 aliphatic rings. The molecule has 10 nitrogen and oxygen atoms in total. The summed E-state index contributed by atoms with van der Waals surface area (Å²) in [4.78, 5) is 28.7. The zero-order chi connectivity index (χ0) is 30.2. The molecule has 0 radical (unpaired) electrons. The van der Waals surface area contributed by atoms with Crippen molar-refractivity contribution in [2.24, 2.45) is 0 Å². The summed E-state index contributed by atoms with van der Waals surface area (Å²) < 4.78 is 85.9. The third-order valence-electron chi connectivity index (χ3n) is 7.17. The molecule has 4 heterocycles. The highest BCUT2D eigenvalue weighted by molar-refractivity contribution is 6.31. The number of benzene rings is 1. The summed E-state index contributed by atoms with van der Waals surface area (Å²) in [6, 6.07) is 3.55. The second kappa shape index (κ2) is 11.6. The van der Waals surface area contributed by atoms with Crippen molar-refractivity contribution in [2.75, 3.05) is 62.2 Å². The lowest BCUT2D eigenvalue weighted by molar-refractivity contribution is -0.201. The average Bonchev–Trinajstić information content (AvgIpc) is 3.58. The van der Waals surface area contributed by atoms with Crippen molar-refractivity contribution in [3.8, 4) is 5.75 Å². The topological polar surface area (TPSA) is 88.8 Å². The van der Waals surface area contributed by atoms with Gasteiger partial charge in [-0.05, 0) is 45.0 Å². The number of nitrogens with zero attached hydrogens (tertiary/aromatic N) is 7. The molecule has 2 aromatic heterocycles. The van der Waals surface area contributed by atoms with E-state index in [4.69, 9.17) is 16.3 Å². The minimum Gasteiger partial charge on any atom is -0.492 e. The van der Waals surface area contributed by atoms with Crippen LogP contribution in [0.15, 0.2) is 18.5 Å². The fraction of sp³-hybridized carbons (Fsp3) is 0.520. The van der Waals surface area contributed by atoms with E-state index in [1.807, 2.05) is 11.8 Å². The molecule has 42 heavy (non-hydrogen) atoms. The van der Waals surface area contributed by atoms with Crippen molar-refractivity contribution in [3.63, 3.8) is 0 Å². The summed E-state index contributed by atoms with van der Waals surface area (Å²) in [6.07, 6.45) is -7.33. The zero-order valence-corrected chi connectivity index (χ0v) is 23.1. The Hall–Kier alpha value is -3.53. The van der Waals surface area contributed by atoms with E-state index in [0.29, 0.717) is 30.5 Å². The fourth-order valence-corrected chi connectivity index (χ4v) is 5.32. The maximum absolute atomic E-state index is 13.9. The molecule has 0 aliphatic carbocycles. The number of likely N-dealkylation sites (tertiary alicyclic amines) is 1. The van der Waals surface area contributed by atoms with Crippen LogP contribution in [0.1, 0.15) is 24.1 Å². The molecule has 2 fully saturated rings. The number of carbonyl (C=O) groups excluding carboxylic acids is 1. The number of halogens is 7. The molecule has 0 spiro atoms. The third-order valence-corrected chi connectivity index (χ3v) is 7.38. The number of ether oxygens (including phenoxy) is 1. The second-order valence-corrected chi connectivity index (χ2v) is 10.3. The molecule has 228 valence electrons. The standard InChI is InChI=1S/C25H26ClF6N7O3/c1-15-17(12-16(26)13-18(15)41-11-10-36-4-2-3-5-36)37-6-8-38(9-7-37)21-19-20(24(27,28)29)35-39(22(19)34-14-33-21)42-23(40)25(30,31)32/h12-14H,2-11H2,1H3. The maximum Gasteiger partial charge on any atom is 0.493 e. The lowest BCUT2D eigenvalue weighted by Crippen LogP contribution is -2.47. The van der Waals surface area contributed by atoms with E-state index >= 15 is 0 Å². The van der Waals surface area contributed by atoms with Gasteiger partial charge in [-0.25, -0.2) is 14.8 Å². The SMILES string of the molecule is Cc1c(OCCN2CCCC2)cc(Cl)cc1N1CCN(c2ncnc3c2c(C(F)(F)F)nn3OC(=O)C(F)(F)F)CC1. The van der Waals surface area contributed by atoms with E-state index in [1.165, 1.54) is 12.8 Å². The molecule has 1 aromatic carbocycles. The van der Waals surface area contributed by atoms with Gasteiger partial charge >= 0.3 is 18.3 Å². The Labute approximate surface area is 240 Å². The summed E-state index contributed by atoms with van der Waals surface area (Å²) in [5, 5.41) is 2.88. The quantitative estimate of drug-likeness (QED) is 0.362. The molecule has 2 aliphatic heterocycles. The van der Waals surface area contributed by atoms with Gasteiger partial charge in [0.25, 0.3) is 0 Å². The number of anilines is 2. The van der Waals surface area contributed by atoms with Gasteiger partial charge in [0.2, 0.25) is 5.65 Å². The first-order valence-electron chi connectivity index (χ1n) is 13.1. The number of piperazine rings is 1. The van der Waals surface area contributed by atoms with Crippen LogP contribution in [-0.2, 0) is 11.0 Å². The molecule has 0 bridgehead atoms. The smallest absolute Gasteiger partial charge is 0.492 e. The minimum absolute atomic E-state index is 0.171. The Balaban J connectivity index is 1.35. The monoisotopic (exact) mass is 621 g/mol. The van der Waals surface area contributed by atoms with Crippen molar-refractivity contribution < 1.29 is 40.7 Å². The molecular weight excluding hydrogens is 596 g/mol. The van der Waals surface area contributed by atoms with E-state index in [1.54, 1.807) is 17.0 Å². The Bertz CT molecular complexity index is 1450. The summed E-state index contributed by atoms with van der Waals surface area (Å²) in [7, 11) is 0. The van der Waals surface area contributed by atoms with Crippen LogP contribution in [0.2, 0.25) is 5.02 Å². The Morgan fingerprint density at radius 2 is 1.64 bits per heavy atom. The van der Waals surface area contributed by atoms with Crippen molar-refractivity contribution in [3.05, 3.63) is 34.7 Å². The summed E-state index contributed by atoms with van der Waals surface area (Å²) in [5.74, 6) is -2.30. The van der Waals surface area contributed by atoms with E-state index in [9.17, 15) is 31.1 Å². The highest BCUT2D eigenvalue weighted by atomic mass is 35.5. The number of hydrogen-bond donors (Lipinski definition) is 0. The largest absolute Gasteiger partial charge is 0.493 e. The highest BCUT2D eigenvalue weighted by Gasteiger charge is 2.44. The zero-order valence-electron chi connectivity index (χ0n) is 22.3. The van der Waals surface area contributed by atoms with Crippen molar-refractivity contribution >= 4 is 40.1 Å². The van der Waals surface area contributed by atoms with Gasteiger partial charge in [-0.3, -0.25) is 4.90 Å². The Kier molecular flexibility index (Phi) is 8.29. The van der Waals surface area contributed by atoms with Gasteiger partial charge < -0.3 is 19.4 Å². The minimum atomic E-state index is -5.46. The van der Waals surface area contributed by atoms with Gasteiger partial charge in [-0.15, -0.1) is 5.10 Å². The first-order valence-corrected chi connectivity index (χ1v) is 13.5. The normalized spacial score (nSPS) is 16.9. The molecule has 5 rings (SSSR count). The van der Waals surface area contributed by atoms with Crippen LogP contribution in [0.25, 0.3) is 11.0 Å². The van der Waals surface area contributed by atoms with E-state index in [0.717, 1.165) is 37.2 Å². The average molecular weight is 622 g/mol. The maximum atomic E-state index is 13.9. The molecular formula is C25H26ClF6N7O3. The number of alkyl halides is 6. The van der Waals surface area contributed by atoms with Crippen molar-refractivity contribution in [1.82, 2.24) is 24.8 Å². The molecule has 0 unspecified atom stereocenters. The molecule has 2 saturated heterocycles. The van der Waals surface area contributed by atoms with Gasteiger partial charge in [-0.2, -0.15) is 26.3 Å². The number of hydrogen-bond acceptors (Lipinski definition) is 9. The predicted molar refractivity (Wildman–Crippen MR) is 140 cm³/mol. The number of aromatic nitrogens is 4. The molecule has 0 atom stereocenters. The summed E-state index contributed by atoms with van der Waals surface area (Å²) in [6.45, 7) is 6.44. The molecule has 3 aromatic rings. The molecule has 0 amide bonds. The molecule has 0 saturated carbocycles. The van der Waals surface area contributed by atoms with Crippen LogP contribution in [-0.4, -0.2) is 89.4 Å². The van der Waals surface area contributed by atoms with Crippen LogP contribution in [0.3, 0.4) is 0 Å². The van der Waals surface area contributed by atoms with Crippen LogP contribution >= 0.6 is 11.6 Å². The van der Waals surface area contributed by atoms with Gasteiger partial charge in [0.15, 0.2) is 5.69 Å². The summed E-state index contributed by atoms with van der Waals surface area (Å²) >= 11 is 6.40. The first-order chi connectivity index (χ1) is 19.8. The third kappa shape index (κ3) is 6.28. The van der Waals surface area contributed by atoms with Crippen molar-refractivity contribution in [2.45, 2.75) is 32.1 Å². The van der Waals surface area contributed by atoms with Gasteiger partial charge in [0.1, 0.15) is 24.5 Å². The number of rotatable bonds is 7. The predicted octanol–water partition coefficient (Wildman–Crippen LogP) is 4.13. The fourth-order valence-electron chi connectivity index (χ4n) is 5.11. The van der Waals surface area contributed by atoms with E-state index < -0.39 is 35.0 Å². The van der Waals surface area contributed by atoms with Gasteiger partial charge in [-0.1, -0.05) is 16.4 Å². The van der Waals surface area contributed by atoms with Gasteiger partial charge in [0, 0.05) is 49.0 Å².